The third-order valence-corrected chi connectivity index (χ3v) is 7.73. The fourth-order valence-electron chi connectivity index (χ4n) is 5.19. The summed E-state index contributed by atoms with van der Waals surface area (Å²) >= 11 is 0. The highest BCUT2D eigenvalue weighted by molar-refractivity contribution is 7.88. The molecule has 2 aromatic heterocycles. The van der Waals surface area contributed by atoms with Crippen LogP contribution in [0.15, 0.2) is 42.7 Å². The molecule has 12 heteroatoms. The highest BCUT2D eigenvalue weighted by Crippen LogP contribution is 2.30. The standard InChI is InChI=1S/C24H32N8O3S/c1-36(34,35)29-18-7-5-17(6-8-18)27-24-26-11-9-22(28-24)32-12-10-19-20(3-2-4-21(19)32)30-13-15-31(16-14-30)23(25)33/h2-4,9-12,17-18,29H,5-8,13-16H2,1H3,(H2,25,33)(H,26,27,28). The Labute approximate surface area is 210 Å². The number of hydrogen-bond donors (Lipinski definition) is 3. The van der Waals surface area contributed by atoms with Crippen LogP contribution in [0, 0.1) is 0 Å². The third-order valence-electron chi connectivity index (χ3n) is 6.97. The number of rotatable bonds is 6. The third kappa shape index (κ3) is 5.39. The number of primary amides is 1. The average Bonchev–Trinajstić information content (AvgIpc) is 3.29. The smallest absolute Gasteiger partial charge is 0.314 e. The molecule has 36 heavy (non-hydrogen) atoms. The molecular formula is C24H32N8O3S. The number of piperazine rings is 1. The number of nitrogens with two attached hydrogens (primary N) is 1. The van der Waals surface area contributed by atoms with Crippen LogP contribution in [0.4, 0.5) is 16.4 Å². The zero-order valence-electron chi connectivity index (χ0n) is 20.3. The van der Waals surface area contributed by atoms with Crippen LogP contribution in [0.3, 0.4) is 0 Å². The van der Waals surface area contributed by atoms with Gasteiger partial charge in [0.15, 0.2) is 0 Å². The second-order valence-corrected chi connectivity index (χ2v) is 11.3. The van der Waals surface area contributed by atoms with E-state index in [-0.39, 0.29) is 18.1 Å². The summed E-state index contributed by atoms with van der Waals surface area (Å²) in [6.45, 7) is 2.69. The van der Waals surface area contributed by atoms with Crippen molar-refractivity contribution in [2.24, 2.45) is 5.73 Å². The van der Waals surface area contributed by atoms with Gasteiger partial charge in [0, 0.05) is 61.7 Å². The summed E-state index contributed by atoms with van der Waals surface area (Å²) in [5.74, 6) is 1.33. The lowest BCUT2D eigenvalue weighted by molar-refractivity contribution is 0.204. The summed E-state index contributed by atoms with van der Waals surface area (Å²) < 4.78 is 27.7. The van der Waals surface area contributed by atoms with Crippen LogP contribution in [0.2, 0.25) is 0 Å². The molecule has 192 valence electrons. The molecule has 0 bridgehead atoms. The van der Waals surface area contributed by atoms with Gasteiger partial charge in [-0.3, -0.25) is 0 Å². The van der Waals surface area contributed by atoms with Crippen molar-refractivity contribution in [3.63, 3.8) is 0 Å². The summed E-state index contributed by atoms with van der Waals surface area (Å²) in [7, 11) is -3.19. The van der Waals surface area contributed by atoms with Crippen molar-refractivity contribution in [1.82, 2.24) is 24.2 Å². The van der Waals surface area contributed by atoms with Crippen molar-refractivity contribution >= 4 is 38.6 Å². The number of sulfonamides is 1. The predicted octanol–water partition coefficient (Wildman–Crippen LogP) is 1.89. The Morgan fingerprint density at radius 3 is 2.44 bits per heavy atom. The monoisotopic (exact) mass is 512 g/mol. The normalized spacial score (nSPS) is 21.0. The highest BCUT2D eigenvalue weighted by atomic mass is 32.2. The number of nitrogens with one attached hydrogen (secondary N) is 2. The Hall–Kier alpha value is -3.38. The van der Waals surface area contributed by atoms with E-state index in [0.29, 0.717) is 19.0 Å². The van der Waals surface area contributed by atoms with E-state index in [1.807, 2.05) is 18.3 Å². The number of carbonyl (C=O) groups excluding carboxylic acids is 1. The number of amides is 2. The average molecular weight is 513 g/mol. The van der Waals surface area contributed by atoms with Crippen molar-refractivity contribution in [2.75, 3.05) is 42.7 Å². The fraction of sp³-hybridized carbons (Fsp3) is 0.458. The lowest BCUT2D eigenvalue weighted by atomic mass is 9.92. The molecule has 0 spiro atoms. The molecule has 0 unspecified atom stereocenters. The van der Waals surface area contributed by atoms with Gasteiger partial charge in [-0.05, 0) is 49.9 Å². The fourth-order valence-corrected chi connectivity index (χ4v) is 6.03. The Balaban J connectivity index is 1.30. The molecule has 5 rings (SSSR count). The van der Waals surface area contributed by atoms with E-state index in [4.69, 9.17) is 10.7 Å². The van der Waals surface area contributed by atoms with Crippen molar-refractivity contribution in [1.29, 1.82) is 0 Å². The number of hydrogen-bond acceptors (Lipinski definition) is 7. The number of nitrogens with zero attached hydrogens (tertiary/aromatic N) is 5. The first-order valence-corrected chi connectivity index (χ1v) is 14.1. The molecule has 2 fully saturated rings. The van der Waals surface area contributed by atoms with Crippen LogP contribution in [-0.2, 0) is 10.0 Å². The molecule has 11 nitrogen and oxygen atoms in total. The summed E-state index contributed by atoms with van der Waals surface area (Å²) in [5, 5.41) is 4.55. The van der Waals surface area contributed by atoms with Crippen LogP contribution in [0.5, 0.6) is 0 Å². The van der Waals surface area contributed by atoms with Crippen molar-refractivity contribution < 1.29 is 13.2 Å². The van der Waals surface area contributed by atoms with Gasteiger partial charge in [-0.15, -0.1) is 0 Å². The van der Waals surface area contributed by atoms with Crippen LogP contribution in [0.25, 0.3) is 16.7 Å². The molecule has 1 saturated carbocycles. The second kappa shape index (κ2) is 9.94. The summed E-state index contributed by atoms with van der Waals surface area (Å²) in [6.07, 6.45) is 8.22. The van der Waals surface area contributed by atoms with Gasteiger partial charge in [0.05, 0.1) is 11.8 Å². The van der Waals surface area contributed by atoms with Crippen LogP contribution in [-0.4, -0.2) is 78.4 Å². The topological polar surface area (TPSA) is 138 Å². The zero-order valence-corrected chi connectivity index (χ0v) is 21.1. The molecule has 2 amide bonds. The number of urea groups is 1. The number of anilines is 2. The van der Waals surface area contributed by atoms with Gasteiger partial charge in [0.1, 0.15) is 5.82 Å². The minimum absolute atomic E-state index is 0.00971. The van der Waals surface area contributed by atoms with Gasteiger partial charge >= 0.3 is 6.03 Å². The summed E-state index contributed by atoms with van der Waals surface area (Å²) in [5.41, 5.74) is 7.60. The lowest BCUT2D eigenvalue weighted by Crippen LogP contribution is -2.50. The van der Waals surface area contributed by atoms with E-state index >= 15 is 0 Å². The highest BCUT2D eigenvalue weighted by Gasteiger charge is 2.24. The zero-order chi connectivity index (χ0) is 25.3. The van der Waals surface area contributed by atoms with Crippen LogP contribution >= 0.6 is 0 Å². The minimum Gasteiger partial charge on any atom is -0.367 e. The van der Waals surface area contributed by atoms with Gasteiger partial charge in [0.25, 0.3) is 0 Å². The molecule has 1 saturated heterocycles. The van der Waals surface area contributed by atoms with Gasteiger partial charge < -0.3 is 25.4 Å². The maximum Gasteiger partial charge on any atom is 0.314 e. The first-order chi connectivity index (χ1) is 17.3. The first kappa shape index (κ1) is 24.3. The molecule has 0 atom stereocenters. The molecular weight excluding hydrogens is 480 g/mol. The molecule has 3 aromatic rings. The lowest BCUT2D eigenvalue weighted by Gasteiger charge is -2.35. The predicted molar refractivity (Wildman–Crippen MR) is 140 cm³/mol. The van der Waals surface area contributed by atoms with E-state index in [9.17, 15) is 13.2 Å². The molecule has 1 aliphatic heterocycles. The number of fused-ring (bicyclic) bond motifs is 1. The van der Waals surface area contributed by atoms with Gasteiger partial charge in [-0.25, -0.2) is 22.9 Å². The van der Waals surface area contributed by atoms with Gasteiger partial charge in [-0.2, -0.15) is 4.98 Å². The van der Waals surface area contributed by atoms with Gasteiger partial charge in [0.2, 0.25) is 16.0 Å². The molecule has 1 aliphatic carbocycles. The number of benzene rings is 1. The molecule has 4 N–H and O–H groups in total. The largest absolute Gasteiger partial charge is 0.367 e. The molecule has 1 aromatic carbocycles. The minimum atomic E-state index is -3.19. The first-order valence-electron chi connectivity index (χ1n) is 12.2. The quantitative estimate of drug-likeness (QED) is 0.458. The van der Waals surface area contributed by atoms with Crippen molar-refractivity contribution in [3.05, 3.63) is 42.7 Å². The molecule has 2 aliphatic rings. The maximum absolute atomic E-state index is 11.5. The second-order valence-electron chi connectivity index (χ2n) is 9.53. The van der Waals surface area contributed by atoms with E-state index in [1.54, 1.807) is 11.1 Å². The van der Waals surface area contributed by atoms with Crippen LogP contribution < -0.4 is 20.7 Å². The van der Waals surface area contributed by atoms with Gasteiger partial charge in [-0.1, -0.05) is 6.07 Å². The molecule has 3 heterocycles. The Kier molecular flexibility index (Phi) is 6.71. The Bertz CT molecular complexity index is 1340. The summed E-state index contributed by atoms with van der Waals surface area (Å²) in [4.78, 5) is 24.6. The van der Waals surface area contributed by atoms with E-state index < -0.39 is 10.0 Å². The Morgan fingerprint density at radius 2 is 1.75 bits per heavy atom. The number of aromatic nitrogens is 3. The Morgan fingerprint density at radius 1 is 1.03 bits per heavy atom. The SMILES string of the molecule is CS(=O)(=O)NC1CCC(Nc2nccc(-n3ccc4c(N5CCN(C(N)=O)CC5)cccc43)n2)CC1. The van der Waals surface area contributed by atoms with E-state index in [2.05, 4.69) is 42.7 Å². The van der Waals surface area contributed by atoms with E-state index in [0.717, 1.165) is 61.2 Å². The maximum atomic E-state index is 11.5. The molecule has 0 radical (unpaired) electrons. The number of carbonyl (C=O) groups is 1. The van der Waals surface area contributed by atoms with E-state index in [1.165, 1.54) is 6.26 Å². The van der Waals surface area contributed by atoms with Crippen LogP contribution in [0.1, 0.15) is 25.7 Å². The van der Waals surface area contributed by atoms with Crippen molar-refractivity contribution in [3.8, 4) is 5.82 Å². The van der Waals surface area contributed by atoms with Crippen molar-refractivity contribution in [2.45, 2.75) is 37.8 Å². The summed E-state index contributed by atoms with van der Waals surface area (Å²) in [6, 6.07) is 10.0.